The number of carbonyl (C=O) groups is 3. The Morgan fingerprint density at radius 3 is 2.18 bits per heavy atom. The summed E-state index contributed by atoms with van der Waals surface area (Å²) in [7, 11) is 1.56. The Hall–Kier alpha value is -5.10. The highest BCUT2D eigenvalue weighted by Crippen LogP contribution is 2.30. The first-order valence-electron chi connectivity index (χ1n) is 17.5. The number of amides is 3. The van der Waals surface area contributed by atoms with Gasteiger partial charge < -0.3 is 40.0 Å². The summed E-state index contributed by atoms with van der Waals surface area (Å²) in [6.45, 7) is 12.6. The number of unbranched alkanes of at least 4 members (excludes halogenated alkanes) is 1. The second-order valence-electron chi connectivity index (χ2n) is 13.4. The van der Waals surface area contributed by atoms with E-state index in [1.54, 1.807) is 43.5 Å². The lowest BCUT2D eigenvalue weighted by molar-refractivity contribution is -0.128. The van der Waals surface area contributed by atoms with Crippen LogP contribution in [0.15, 0.2) is 71.3 Å². The van der Waals surface area contributed by atoms with E-state index in [1.807, 2.05) is 76.8 Å². The van der Waals surface area contributed by atoms with Crippen LogP contribution in [-0.2, 0) is 16.0 Å². The number of nitrogens with zero attached hydrogens (tertiary/aromatic N) is 2. The molecule has 3 amide bonds. The first-order chi connectivity index (χ1) is 24.4. The van der Waals surface area contributed by atoms with Crippen molar-refractivity contribution in [2.24, 2.45) is 11.7 Å². The zero-order chi connectivity index (χ0) is 37.1. The van der Waals surface area contributed by atoms with Gasteiger partial charge in [-0.05, 0) is 88.8 Å². The Bertz CT molecular complexity index is 1750. The zero-order valence-electron chi connectivity index (χ0n) is 30.6. The van der Waals surface area contributed by atoms with Crippen LogP contribution in [0.25, 0.3) is 11.0 Å². The van der Waals surface area contributed by atoms with E-state index in [9.17, 15) is 14.4 Å². The molecule has 0 fully saturated rings. The van der Waals surface area contributed by atoms with Gasteiger partial charge in [0, 0.05) is 23.7 Å². The van der Waals surface area contributed by atoms with Crippen molar-refractivity contribution in [1.82, 2.24) is 15.4 Å². The third-order valence-corrected chi connectivity index (χ3v) is 8.39. The first kappa shape index (κ1) is 38.7. The molecule has 0 aliphatic carbocycles. The van der Waals surface area contributed by atoms with E-state index in [2.05, 4.69) is 15.8 Å². The monoisotopic (exact) mass is 701 g/mol. The molecule has 1 heterocycles. The number of hydrogen-bond acceptors (Lipinski definition) is 9. The molecule has 4 N–H and O–H groups in total. The number of anilines is 1. The first-order valence-corrected chi connectivity index (χ1v) is 17.5. The fourth-order valence-corrected chi connectivity index (χ4v) is 5.76. The van der Waals surface area contributed by atoms with Gasteiger partial charge in [0.15, 0.2) is 22.9 Å². The minimum Gasteiger partial charge on any atom is -0.493 e. The summed E-state index contributed by atoms with van der Waals surface area (Å²) in [5.74, 6) is 0.837. The van der Waals surface area contributed by atoms with Crippen LogP contribution in [0.4, 0.5) is 5.82 Å². The Labute approximate surface area is 300 Å². The van der Waals surface area contributed by atoms with E-state index in [0.717, 1.165) is 18.4 Å². The maximum atomic E-state index is 13.2. The Balaban J connectivity index is 1.25. The summed E-state index contributed by atoms with van der Waals surface area (Å²) in [5, 5.41) is 10.2. The summed E-state index contributed by atoms with van der Waals surface area (Å²) in [5.41, 5.74) is 8.08. The third-order valence-electron chi connectivity index (χ3n) is 8.39. The lowest BCUT2D eigenvalue weighted by Crippen LogP contribution is -2.52. The Kier molecular flexibility index (Phi) is 13.8. The van der Waals surface area contributed by atoms with Gasteiger partial charge in [-0.2, -0.15) is 0 Å². The largest absolute Gasteiger partial charge is 0.493 e. The molecule has 0 bridgehead atoms. The van der Waals surface area contributed by atoms with Crippen molar-refractivity contribution in [2.45, 2.75) is 85.0 Å². The van der Waals surface area contributed by atoms with Gasteiger partial charge in [0.25, 0.3) is 5.91 Å². The number of hydrogen-bond donors (Lipinski definition) is 3. The number of aromatic nitrogens is 1. The predicted octanol–water partition coefficient (Wildman–Crippen LogP) is 5.98. The molecule has 1 aromatic heterocycles. The van der Waals surface area contributed by atoms with Crippen LogP contribution in [0.2, 0.25) is 0 Å². The maximum Gasteiger partial charge on any atom is 0.254 e. The molecule has 4 rings (SSSR count). The van der Waals surface area contributed by atoms with Gasteiger partial charge in [0.2, 0.25) is 11.8 Å². The zero-order valence-corrected chi connectivity index (χ0v) is 30.6. The number of carbonyl (C=O) groups excluding carboxylic acids is 3. The van der Waals surface area contributed by atoms with Crippen LogP contribution < -0.4 is 30.6 Å². The van der Waals surface area contributed by atoms with Crippen LogP contribution in [0.3, 0.4) is 0 Å². The second kappa shape index (κ2) is 18.2. The van der Waals surface area contributed by atoms with Gasteiger partial charge in [0.05, 0.1) is 31.8 Å². The molecule has 0 saturated carbocycles. The fourth-order valence-electron chi connectivity index (χ4n) is 5.76. The molecular weight excluding hydrogens is 650 g/mol. The molecule has 0 spiro atoms. The van der Waals surface area contributed by atoms with Crippen molar-refractivity contribution in [3.8, 4) is 17.2 Å². The quantitative estimate of drug-likeness (QED) is 0.106. The standard InChI is InChI=1S/C39H51N5O7/c1-24(2)35(41-37(45)31(40)21-27-13-9-8-10-14-27)38(46)42-36-30-17-16-29(23-33(30)51-43-36)49-19-11-12-20-50-32-18-15-28(22-34(32)48-7)39(47)44(25(3)4)26(5)6/h8-10,13-18,22-26,31,35H,11-12,19-21,40H2,1-7H3,(H,41,45)(H,42,43,46). The van der Waals surface area contributed by atoms with Gasteiger partial charge >= 0.3 is 0 Å². The van der Waals surface area contributed by atoms with Crippen LogP contribution in [0.5, 0.6) is 17.2 Å². The van der Waals surface area contributed by atoms with Crippen molar-refractivity contribution >= 4 is 34.5 Å². The molecule has 3 aromatic carbocycles. The number of ether oxygens (including phenoxy) is 3. The molecule has 274 valence electrons. The van der Waals surface area contributed by atoms with Gasteiger partial charge in [-0.1, -0.05) is 49.3 Å². The van der Waals surface area contributed by atoms with E-state index in [4.69, 9.17) is 24.5 Å². The summed E-state index contributed by atoms with van der Waals surface area (Å²) < 4.78 is 22.9. The van der Waals surface area contributed by atoms with Crippen molar-refractivity contribution in [1.29, 1.82) is 0 Å². The smallest absolute Gasteiger partial charge is 0.254 e. The average Bonchev–Trinajstić information content (AvgIpc) is 3.49. The van der Waals surface area contributed by atoms with Crippen molar-refractivity contribution in [3.05, 3.63) is 77.9 Å². The molecule has 2 atom stereocenters. The van der Waals surface area contributed by atoms with Gasteiger partial charge in [-0.3, -0.25) is 14.4 Å². The highest BCUT2D eigenvalue weighted by molar-refractivity contribution is 6.03. The van der Waals surface area contributed by atoms with Crippen molar-refractivity contribution < 1.29 is 33.1 Å². The number of nitrogens with one attached hydrogen (secondary N) is 2. The summed E-state index contributed by atoms with van der Waals surface area (Å²) in [6.07, 6.45) is 1.81. The van der Waals surface area contributed by atoms with Crippen LogP contribution in [0.1, 0.15) is 70.3 Å². The lowest BCUT2D eigenvalue weighted by Gasteiger charge is -2.31. The minimum atomic E-state index is -0.826. The fraction of sp³-hybridized carbons (Fsp3) is 0.436. The maximum absolute atomic E-state index is 13.2. The van der Waals surface area contributed by atoms with E-state index in [-0.39, 0.29) is 29.7 Å². The SMILES string of the molecule is COc1cc(C(=O)N(C(C)C)C(C)C)ccc1OCCCCOc1ccc2c(NC(=O)C(NC(=O)C(N)Cc3ccccc3)C(C)C)noc2c1. The lowest BCUT2D eigenvalue weighted by atomic mass is 10.0. The van der Waals surface area contributed by atoms with Crippen LogP contribution >= 0.6 is 0 Å². The highest BCUT2D eigenvalue weighted by Gasteiger charge is 2.28. The third kappa shape index (κ3) is 10.5. The van der Waals surface area contributed by atoms with Gasteiger partial charge in [-0.15, -0.1) is 0 Å². The molecule has 12 heteroatoms. The van der Waals surface area contributed by atoms with Crippen molar-refractivity contribution in [2.75, 3.05) is 25.6 Å². The normalized spacial score (nSPS) is 12.5. The predicted molar refractivity (Wildman–Crippen MR) is 197 cm³/mol. The molecule has 4 aromatic rings. The van der Waals surface area contributed by atoms with E-state index in [1.165, 1.54) is 0 Å². The summed E-state index contributed by atoms with van der Waals surface area (Å²) >= 11 is 0. The number of benzene rings is 3. The molecule has 12 nitrogen and oxygen atoms in total. The summed E-state index contributed by atoms with van der Waals surface area (Å²) in [4.78, 5) is 41.0. The van der Waals surface area contributed by atoms with E-state index in [0.29, 0.717) is 53.4 Å². The molecule has 51 heavy (non-hydrogen) atoms. The average molecular weight is 702 g/mol. The molecule has 0 aliphatic heterocycles. The number of rotatable bonds is 18. The molecule has 2 unspecified atom stereocenters. The summed E-state index contributed by atoms with van der Waals surface area (Å²) in [6, 6.07) is 18.5. The Morgan fingerprint density at radius 1 is 0.843 bits per heavy atom. The molecule has 0 saturated heterocycles. The second-order valence-corrected chi connectivity index (χ2v) is 13.4. The Morgan fingerprint density at radius 2 is 1.53 bits per heavy atom. The highest BCUT2D eigenvalue weighted by atomic mass is 16.5. The van der Waals surface area contributed by atoms with E-state index >= 15 is 0 Å². The van der Waals surface area contributed by atoms with Gasteiger partial charge in [0.1, 0.15) is 11.8 Å². The van der Waals surface area contributed by atoms with Crippen LogP contribution in [0, 0.1) is 5.92 Å². The number of methoxy groups -OCH3 is 1. The number of nitrogens with two attached hydrogens (primary N) is 1. The van der Waals surface area contributed by atoms with Crippen LogP contribution in [-0.4, -0.2) is 72.3 Å². The van der Waals surface area contributed by atoms with Gasteiger partial charge in [-0.25, -0.2) is 0 Å². The topological polar surface area (TPSA) is 158 Å². The van der Waals surface area contributed by atoms with Crippen molar-refractivity contribution in [3.63, 3.8) is 0 Å². The minimum absolute atomic E-state index is 0.0485. The number of fused-ring (bicyclic) bond motifs is 1. The molecule has 0 aliphatic rings. The molecular formula is C39H51N5O7. The molecule has 0 radical (unpaired) electrons. The van der Waals surface area contributed by atoms with E-state index < -0.39 is 23.9 Å².